The first-order valence-corrected chi connectivity index (χ1v) is 9.26. The fraction of sp³-hybridized carbons (Fsp3) is 0.200. The summed E-state index contributed by atoms with van der Waals surface area (Å²) in [5.74, 6) is -0.212. The second-order valence-electron chi connectivity index (χ2n) is 6.09. The first kappa shape index (κ1) is 18.7. The van der Waals surface area contributed by atoms with Gasteiger partial charge in [-0.25, -0.2) is 4.98 Å². The minimum absolute atomic E-state index is 0.0810. The molecular weight excluding hydrogens is 360 g/mol. The summed E-state index contributed by atoms with van der Waals surface area (Å²) in [6.45, 7) is 2.28. The van der Waals surface area contributed by atoms with Crippen LogP contribution < -0.4 is 5.32 Å². The van der Waals surface area contributed by atoms with E-state index in [1.807, 2.05) is 37.3 Å². The van der Waals surface area contributed by atoms with Crippen LogP contribution in [0.15, 0.2) is 48.7 Å². The van der Waals surface area contributed by atoms with Gasteiger partial charge in [0, 0.05) is 32.4 Å². The molecule has 0 atom stereocenters. The van der Waals surface area contributed by atoms with Crippen molar-refractivity contribution in [2.45, 2.75) is 13.5 Å². The molecule has 0 radical (unpaired) electrons. The Morgan fingerprint density at radius 2 is 1.89 bits per heavy atom. The SMILES string of the molecule is CNC(=O)c1ccc(CN(C)C(=O)c2sc(-c3ccccn3)nc2C)cc1. The Morgan fingerprint density at radius 1 is 1.15 bits per heavy atom. The Bertz CT molecular complexity index is 952. The first-order chi connectivity index (χ1) is 13.0. The molecule has 7 heteroatoms. The molecule has 27 heavy (non-hydrogen) atoms. The van der Waals surface area contributed by atoms with Crippen LogP contribution in [0.1, 0.15) is 31.3 Å². The van der Waals surface area contributed by atoms with Gasteiger partial charge in [0.15, 0.2) is 0 Å². The number of benzene rings is 1. The largest absolute Gasteiger partial charge is 0.355 e. The maximum Gasteiger partial charge on any atom is 0.265 e. The number of aryl methyl sites for hydroxylation is 1. The normalized spacial score (nSPS) is 10.5. The lowest BCUT2D eigenvalue weighted by molar-refractivity contribution is 0.0788. The van der Waals surface area contributed by atoms with Crippen LogP contribution in [0, 0.1) is 6.92 Å². The van der Waals surface area contributed by atoms with Gasteiger partial charge in [-0.2, -0.15) is 0 Å². The topological polar surface area (TPSA) is 75.2 Å². The lowest BCUT2D eigenvalue weighted by atomic mass is 10.1. The second-order valence-corrected chi connectivity index (χ2v) is 7.08. The highest BCUT2D eigenvalue weighted by molar-refractivity contribution is 7.17. The monoisotopic (exact) mass is 380 g/mol. The molecule has 138 valence electrons. The van der Waals surface area contributed by atoms with E-state index in [4.69, 9.17) is 0 Å². The summed E-state index contributed by atoms with van der Waals surface area (Å²) in [6.07, 6.45) is 1.71. The predicted octanol–water partition coefficient (Wildman–Crippen LogP) is 3.15. The van der Waals surface area contributed by atoms with Crippen LogP contribution in [0.5, 0.6) is 0 Å². The summed E-state index contributed by atoms with van der Waals surface area (Å²) in [6, 6.07) is 12.8. The molecule has 6 nitrogen and oxygen atoms in total. The molecule has 0 aliphatic carbocycles. The molecule has 0 saturated heterocycles. The van der Waals surface area contributed by atoms with Crippen LogP contribution in [0.4, 0.5) is 0 Å². The minimum Gasteiger partial charge on any atom is -0.355 e. The van der Waals surface area contributed by atoms with E-state index in [1.54, 1.807) is 37.3 Å². The highest BCUT2D eigenvalue weighted by atomic mass is 32.1. The number of thiazole rings is 1. The number of nitrogens with zero attached hydrogens (tertiary/aromatic N) is 3. The van der Waals surface area contributed by atoms with Gasteiger partial charge >= 0.3 is 0 Å². The van der Waals surface area contributed by atoms with Crippen LogP contribution >= 0.6 is 11.3 Å². The third-order valence-electron chi connectivity index (χ3n) is 4.08. The van der Waals surface area contributed by atoms with Gasteiger partial charge < -0.3 is 10.2 Å². The van der Waals surface area contributed by atoms with Crippen molar-refractivity contribution in [2.75, 3.05) is 14.1 Å². The lowest BCUT2D eigenvalue weighted by Crippen LogP contribution is -2.26. The van der Waals surface area contributed by atoms with E-state index in [2.05, 4.69) is 15.3 Å². The average molecular weight is 380 g/mol. The van der Waals surface area contributed by atoms with Crippen LogP contribution in [0.3, 0.4) is 0 Å². The summed E-state index contributed by atoms with van der Waals surface area (Å²) >= 11 is 1.35. The van der Waals surface area contributed by atoms with Gasteiger partial charge in [-0.3, -0.25) is 14.6 Å². The van der Waals surface area contributed by atoms with Crippen molar-refractivity contribution < 1.29 is 9.59 Å². The highest BCUT2D eigenvalue weighted by Crippen LogP contribution is 2.27. The molecule has 2 amide bonds. The van der Waals surface area contributed by atoms with Crippen molar-refractivity contribution in [2.24, 2.45) is 0 Å². The summed E-state index contributed by atoms with van der Waals surface area (Å²) in [5.41, 5.74) is 3.00. The van der Waals surface area contributed by atoms with E-state index in [0.717, 1.165) is 16.3 Å². The molecule has 2 heterocycles. The second kappa shape index (κ2) is 8.09. The van der Waals surface area contributed by atoms with E-state index < -0.39 is 0 Å². The third kappa shape index (κ3) is 4.20. The fourth-order valence-corrected chi connectivity index (χ4v) is 3.66. The molecule has 3 rings (SSSR count). The van der Waals surface area contributed by atoms with E-state index >= 15 is 0 Å². The van der Waals surface area contributed by atoms with Gasteiger partial charge in [-0.05, 0) is 36.8 Å². The lowest BCUT2D eigenvalue weighted by Gasteiger charge is -2.16. The van der Waals surface area contributed by atoms with Gasteiger partial charge in [0.2, 0.25) is 0 Å². The van der Waals surface area contributed by atoms with Gasteiger partial charge in [-0.15, -0.1) is 11.3 Å². The molecule has 0 saturated carbocycles. The number of pyridine rings is 1. The summed E-state index contributed by atoms with van der Waals surface area (Å²) in [7, 11) is 3.36. The predicted molar refractivity (Wildman–Crippen MR) is 106 cm³/mol. The summed E-state index contributed by atoms with van der Waals surface area (Å²) in [5, 5.41) is 3.33. The zero-order chi connectivity index (χ0) is 19.4. The number of hydrogen-bond acceptors (Lipinski definition) is 5. The molecule has 0 unspecified atom stereocenters. The van der Waals surface area contributed by atoms with Gasteiger partial charge in [0.25, 0.3) is 11.8 Å². The third-order valence-corrected chi connectivity index (χ3v) is 5.25. The fourth-order valence-electron chi connectivity index (χ4n) is 2.62. The van der Waals surface area contributed by atoms with Gasteiger partial charge in [0.1, 0.15) is 9.88 Å². The quantitative estimate of drug-likeness (QED) is 0.738. The molecule has 1 aromatic carbocycles. The van der Waals surface area contributed by atoms with Crippen molar-refractivity contribution in [1.29, 1.82) is 0 Å². The maximum absolute atomic E-state index is 12.8. The van der Waals surface area contributed by atoms with Crippen molar-refractivity contribution in [3.8, 4) is 10.7 Å². The number of aromatic nitrogens is 2. The standard InChI is InChI=1S/C20H20N4O2S/c1-13-17(27-19(23-13)16-6-4-5-11-22-16)20(26)24(3)12-14-7-9-15(10-8-14)18(25)21-2/h4-11H,12H2,1-3H3,(H,21,25). The maximum atomic E-state index is 12.8. The zero-order valence-electron chi connectivity index (χ0n) is 15.4. The van der Waals surface area contributed by atoms with Crippen LogP contribution in [0.25, 0.3) is 10.7 Å². The molecule has 3 aromatic rings. The molecule has 0 aliphatic rings. The molecule has 0 fully saturated rings. The van der Waals surface area contributed by atoms with E-state index in [9.17, 15) is 9.59 Å². The first-order valence-electron chi connectivity index (χ1n) is 8.45. The molecule has 0 spiro atoms. The van der Waals surface area contributed by atoms with Crippen molar-refractivity contribution >= 4 is 23.2 Å². The Morgan fingerprint density at radius 3 is 2.52 bits per heavy atom. The summed E-state index contributed by atoms with van der Waals surface area (Å²) < 4.78 is 0. The molecule has 2 aromatic heterocycles. The number of nitrogens with one attached hydrogen (secondary N) is 1. The van der Waals surface area contributed by atoms with Crippen LogP contribution in [-0.2, 0) is 6.54 Å². The van der Waals surface area contributed by atoms with Crippen molar-refractivity contribution in [3.63, 3.8) is 0 Å². The Kier molecular flexibility index (Phi) is 5.61. The Hall–Kier alpha value is -3.06. The Balaban J connectivity index is 1.74. The number of carbonyl (C=O) groups is 2. The molecule has 0 bridgehead atoms. The van der Waals surface area contributed by atoms with Crippen molar-refractivity contribution in [1.82, 2.24) is 20.2 Å². The zero-order valence-corrected chi connectivity index (χ0v) is 16.2. The highest BCUT2D eigenvalue weighted by Gasteiger charge is 2.20. The van der Waals surface area contributed by atoms with Crippen LogP contribution in [0.2, 0.25) is 0 Å². The number of hydrogen-bond donors (Lipinski definition) is 1. The van der Waals surface area contributed by atoms with E-state index in [-0.39, 0.29) is 11.8 Å². The molecule has 0 aliphatic heterocycles. The number of amides is 2. The van der Waals surface area contributed by atoms with E-state index in [0.29, 0.717) is 22.7 Å². The number of carbonyl (C=O) groups excluding carboxylic acids is 2. The average Bonchev–Trinajstić information content (AvgIpc) is 3.09. The Labute approximate surface area is 161 Å². The smallest absolute Gasteiger partial charge is 0.265 e. The molecular formula is C20H20N4O2S. The van der Waals surface area contributed by atoms with E-state index in [1.165, 1.54) is 11.3 Å². The van der Waals surface area contributed by atoms with Gasteiger partial charge in [-0.1, -0.05) is 18.2 Å². The summed E-state index contributed by atoms with van der Waals surface area (Å²) in [4.78, 5) is 35.5. The number of rotatable bonds is 5. The minimum atomic E-state index is -0.131. The van der Waals surface area contributed by atoms with Crippen molar-refractivity contribution in [3.05, 3.63) is 70.4 Å². The molecule has 1 N–H and O–H groups in total. The van der Waals surface area contributed by atoms with Crippen LogP contribution in [-0.4, -0.2) is 40.8 Å². The van der Waals surface area contributed by atoms with Gasteiger partial charge in [0.05, 0.1) is 11.4 Å².